The summed E-state index contributed by atoms with van der Waals surface area (Å²) in [6.07, 6.45) is 2.30. The van der Waals surface area contributed by atoms with Crippen LogP contribution in [0.2, 0.25) is 5.02 Å². The zero-order chi connectivity index (χ0) is 35.1. The van der Waals surface area contributed by atoms with Gasteiger partial charge >= 0.3 is 0 Å². The van der Waals surface area contributed by atoms with E-state index in [9.17, 15) is 33.5 Å². The number of benzene rings is 4. The van der Waals surface area contributed by atoms with Gasteiger partial charge in [-0.2, -0.15) is 0 Å². The number of allylic oxidation sites excluding steroid dienone is 2. The van der Waals surface area contributed by atoms with Gasteiger partial charge in [0.05, 0.1) is 39.6 Å². The number of hydrogen-bond acceptors (Lipinski definition) is 6. The van der Waals surface area contributed by atoms with Crippen LogP contribution in [0.25, 0.3) is 0 Å². The molecule has 10 heteroatoms. The molecule has 4 amide bonds. The number of ketones is 1. The van der Waals surface area contributed by atoms with Gasteiger partial charge in [-0.25, -0.2) is 9.29 Å². The Morgan fingerprint density at radius 1 is 0.800 bits per heavy atom. The maximum Gasteiger partial charge on any atom is 0.241 e. The second kappa shape index (κ2) is 11.6. The van der Waals surface area contributed by atoms with Gasteiger partial charge in [0.2, 0.25) is 23.6 Å². The third-order valence-corrected chi connectivity index (χ3v) is 11.4. The van der Waals surface area contributed by atoms with E-state index in [0.717, 1.165) is 16.5 Å². The van der Waals surface area contributed by atoms with Crippen molar-refractivity contribution >= 4 is 52.4 Å². The predicted octanol–water partition coefficient (Wildman–Crippen LogP) is 6.85. The number of rotatable bonds is 5. The first-order valence-corrected chi connectivity index (χ1v) is 16.8. The molecule has 0 radical (unpaired) electrons. The van der Waals surface area contributed by atoms with Gasteiger partial charge in [-0.3, -0.25) is 28.9 Å². The van der Waals surface area contributed by atoms with Crippen LogP contribution in [0.5, 0.6) is 5.75 Å². The summed E-state index contributed by atoms with van der Waals surface area (Å²) in [5, 5.41) is 10.3. The van der Waals surface area contributed by atoms with Crippen LogP contribution < -0.4 is 9.80 Å². The molecule has 0 bridgehead atoms. The standard InChI is InChI=1S/C40H30ClFN2O6/c1-40-30(37(48)44(39(40)50)25-14-17-32(42)31(41)19-25)20-29-27(34(40)23-8-5-9-26(45)18-23)15-16-28-33(29)38(49)43(36(28)47)24-12-10-22(11-13-24)35(46)21-6-3-2-4-7-21/h2-15,17-19,28-30,33-34,45H,16,20H2,1H3. The van der Waals surface area contributed by atoms with E-state index in [1.54, 1.807) is 73.7 Å². The zero-order valence-electron chi connectivity index (χ0n) is 26.8. The number of halogens is 2. The fourth-order valence-corrected chi connectivity index (χ4v) is 8.92. The highest BCUT2D eigenvalue weighted by molar-refractivity contribution is 6.32. The Hall–Kier alpha value is -5.41. The van der Waals surface area contributed by atoms with E-state index in [0.29, 0.717) is 22.4 Å². The van der Waals surface area contributed by atoms with E-state index >= 15 is 0 Å². The lowest BCUT2D eigenvalue weighted by Gasteiger charge is -2.49. The third kappa shape index (κ3) is 4.60. The molecule has 4 aliphatic rings. The number of aromatic hydroxyl groups is 1. The number of carbonyl (C=O) groups is 5. The fraction of sp³-hybridized carbons (Fsp3) is 0.225. The van der Waals surface area contributed by atoms with Gasteiger partial charge in [-0.15, -0.1) is 0 Å². The van der Waals surface area contributed by atoms with Gasteiger partial charge in [0, 0.05) is 17.0 Å². The molecule has 0 spiro atoms. The summed E-state index contributed by atoms with van der Waals surface area (Å²) in [7, 11) is 0. The lowest BCUT2D eigenvalue weighted by atomic mass is 9.51. The summed E-state index contributed by atoms with van der Waals surface area (Å²) in [6.45, 7) is 1.73. The minimum absolute atomic E-state index is 0.0227. The highest BCUT2D eigenvalue weighted by atomic mass is 35.5. The lowest BCUT2D eigenvalue weighted by molar-refractivity contribution is -0.131. The monoisotopic (exact) mass is 688 g/mol. The molecular formula is C40H30ClFN2O6. The largest absolute Gasteiger partial charge is 0.508 e. The second-order valence-corrected chi connectivity index (χ2v) is 14.0. The van der Waals surface area contributed by atoms with E-state index in [2.05, 4.69) is 0 Å². The smallest absolute Gasteiger partial charge is 0.241 e. The van der Waals surface area contributed by atoms with Crippen molar-refractivity contribution in [2.45, 2.75) is 25.7 Å². The van der Waals surface area contributed by atoms with Gasteiger partial charge in [-0.1, -0.05) is 65.7 Å². The van der Waals surface area contributed by atoms with Crippen molar-refractivity contribution in [2.24, 2.45) is 29.1 Å². The molecule has 3 fully saturated rings. The first-order valence-electron chi connectivity index (χ1n) is 16.4. The number of nitrogens with zero attached hydrogens (tertiary/aromatic N) is 2. The highest BCUT2D eigenvalue weighted by Crippen LogP contribution is 2.64. The molecule has 50 heavy (non-hydrogen) atoms. The quantitative estimate of drug-likeness (QED) is 0.139. The van der Waals surface area contributed by atoms with Gasteiger partial charge < -0.3 is 5.11 Å². The van der Waals surface area contributed by atoms with Crippen molar-refractivity contribution in [3.05, 3.63) is 136 Å². The van der Waals surface area contributed by atoms with Crippen LogP contribution in [0.1, 0.15) is 47.2 Å². The van der Waals surface area contributed by atoms with E-state index in [-0.39, 0.29) is 41.0 Å². The molecule has 6 atom stereocenters. The Kier molecular flexibility index (Phi) is 7.38. The Morgan fingerprint density at radius 2 is 1.50 bits per heavy atom. The van der Waals surface area contributed by atoms with Crippen molar-refractivity contribution in [1.82, 2.24) is 0 Å². The number of phenolic OH excluding ortho intramolecular Hbond substituents is 1. The highest BCUT2D eigenvalue weighted by Gasteiger charge is 2.67. The van der Waals surface area contributed by atoms with Gasteiger partial charge in [-0.05, 0) is 85.8 Å². The molecule has 1 saturated carbocycles. The van der Waals surface area contributed by atoms with E-state index < -0.39 is 58.5 Å². The number of imide groups is 2. The lowest BCUT2D eigenvalue weighted by Crippen LogP contribution is -2.48. The SMILES string of the molecule is CC12C(=O)N(c3ccc(F)c(Cl)c3)C(=O)C1CC1C(=CCC3C(=O)N(c4ccc(C(=O)c5ccccc5)cc4)C(=O)C31)C2c1cccc(O)c1. The van der Waals surface area contributed by atoms with Gasteiger partial charge in [0.1, 0.15) is 11.6 Å². The van der Waals surface area contributed by atoms with E-state index in [4.69, 9.17) is 11.6 Å². The van der Waals surface area contributed by atoms with Crippen LogP contribution in [0.15, 0.2) is 109 Å². The summed E-state index contributed by atoms with van der Waals surface area (Å²) >= 11 is 6.07. The van der Waals surface area contributed by atoms with Crippen molar-refractivity contribution in [3.8, 4) is 5.75 Å². The average molecular weight is 689 g/mol. The predicted molar refractivity (Wildman–Crippen MR) is 183 cm³/mol. The van der Waals surface area contributed by atoms with Crippen LogP contribution in [0, 0.1) is 34.9 Å². The molecular weight excluding hydrogens is 659 g/mol. The average Bonchev–Trinajstić information content (AvgIpc) is 3.49. The molecule has 8 rings (SSSR count). The minimum atomic E-state index is -1.33. The summed E-state index contributed by atoms with van der Waals surface area (Å²) in [4.78, 5) is 72.3. The number of phenols is 1. The van der Waals surface area contributed by atoms with Crippen LogP contribution in [0.4, 0.5) is 15.8 Å². The topological polar surface area (TPSA) is 112 Å². The molecule has 2 heterocycles. The van der Waals surface area contributed by atoms with Crippen molar-refractivity contribution < 1.29 is 33.5 Å². The molecule has 8 nitrogen and oxygen atoms in total. The molecule has 2 saturated heterocycles. The molecule has 2 aliphatic carbocycles. The van der Waals surface area contributed by atoms with Crippen molar-refractivity contribution in [3.63, 3.8) is 0 Å². The van der Waals surface area contributed by atoms with Crippen molar-refractivity contribution in [2.75, 3.05) is 9.80 Å². The number of hydrogen-bond donors (Lipinski definition) is 1. The van der Waals surface area contributed by atoms with Crippen LogP contribution in [-0.4, -0.2) is 34.5 Å². The molecule has 0 aromatic heterocycles. The number of carbonyl (C=O) groups excluding carboxylic acids is 5. The second-order valence-electron chi connectivity index (χ2n) is 13.6. The summed E-state index contributed by atoms with van der Waals surface area (Å²) in [5.74, 6) is -6.32. The first-order chi connectivity index (χ1) is 24.0. The van der Waals surface area contributed by atoms with E-state index in [1.807, 2.05) is 12.1 Å². The Morgan fingerprint density at radius 3 is 2.20 bits per heavy atom. The summed E-state index contributed by atoms with van der Waals surface area (Å²) in [5.41, 5.74) is 1.45. The molecule has 4 aromatic carbocycles. The summed E-state index contributed by atoms with van der Waals surface area (Å²) < 4.78 is 14.1. The van der Waals surface area contributed by atoms with Crippen LogP contribution in [0.3, 0.4) is 0 Å². The van der Waals surface area contributed by atoms with Crippen LogP contribution >= 0.6 is 11.6 Å². The zero-order valence-corrected chi connectivity index (χ0v) is 27.5. The molecule has 4 aromatic rings. The fourth-order valence-electron chi connectivity index (χ4n) is 8.74. The Balaban J connectivity index is 1.17. The maximum absolute atomic E-state index is 14.5. The Bertz CT molecular complexity index is 2170. The van der Waals surface area contributed by atoms with E-state index in [1.165, 1.54) is 23.1 Å². The molecule has 1 N–H and O–H groups in total. The van der Waals surface area contributed by atoms with Crippen molar-refractivity contribution in [1.29, 1.82) is 0 Å². The molecule has 2 aliphatic heterocycles. The van der Waals surface area contributed by atoms with Crippen LogP contribution in [-0.2, 0) is 19.2 Å². The molecule has 6 unspecified atom stereocenters. The molecule has 250 valence electrons. The third-order valence-electron chi connectivity index (χ3n) is 11.1. The number of fused-ring (bicyclic) bond motifs is 4. The number of amides is 4. The maximum atomic E-state index is 14.5. The number of anilines is 2. The minimum Gasteiger partial charge on any atom is -0.508 e. The Labute approximate surface area is 291 Å². The first kappa shape index (κ1) is 31.8. The van der Waals surface area contributed by atoms with Gasteiger partial charge in [0.15, 0.2) is 5.78 Å². The summed E-state index contributed by atoms with van der Waals surface area (Å²) in [6, 6.07) is 25.4. The normalized spacial score (nSPS) is 27.2. The van der Waals surface area contributed by atoms with Gasteiger partial charge in [0.25, 0.3) is 0 Å².